The van der Waals surface area contributed by atoms with Crippen molar-refractivity contribution < 1.29 is 18.4 Å². The van der Waals surface area contributed by atoms with Crippen LogP contribution in [0, 0.1) is 11.6 Å². The molecule has 0 saturated heterocycles. The first-order valence-corrected chi connectivity index (χ1v) is 8.12. The zero-order chi connectivity index (χ0) is 19.3. The predicted octanol–water partition coefficient (Wildman–Crippen LogP) is 2.98. The summed E-state index contributed by atoms with van der Waals surface area (Å²) in [5.74, 6) is -3.62. The molecule has 0 spiro atoms. The van der Waals surface area contributed by atoms with Crippen LogP contribution in [-0.4, -0.2) is 37.4 Å². The summed E-state index contributed by atoms with van der Waals surface area (Å²) in [4.78, 5) is 25.7. The van der Waals surface area contributed by atoms with Crippen LogP contribution in [0.15, 0.2) is 42.5 Å². The molecule has 0 radical (unpaired) electrons. The lowest BCUT2D eigenvalue weighted by atomic mass is 10.1. The zero-order valence-electron chi connectivity index (χ0n) is 14.2. The molecular weight excluding hydrogens is 364 g/mol. The minimum Gasteiger partial charge on any atom is -0.346 e. The summed E-state index contributed by atoms with van der Waals surface area (Å²) in [6.07, 6.45) is 0. The molecule has 2 amide bonds. The molecule has 2 aromatic rings. The number of hydrogen-bond acceptors (Lipinski definition) is 3. The van der Waals surface area contributed by atoms with Crippen molar-refractivity contribution >= 4 is 29.1 Å². The maximum absolute atomic E-state index is 13.5. The van der Waals surface area contributed by atoms with Crippen LogP contribution in [0.5, 0.6) is 0 Å². The highest BCUT2D eigenvalue weighted by molar-refractivity contribution is 6.39. The van der Waals surface area contributed by atoms with Crippen LogP contribution in [0.1, 0.15) is 11.6 Å². The van der Waals surface area contributed by atoms with Gasteiger partial charge >= 0.3 is 11.8 Å². The molecule has 0 bridgehead atoms. The summed E-state index contributed by atoms with van der Waals surface area (Å²) in [5, 5.41) is 5.06. The fraction of sp³-hybridized carbons (Fsp3) is 0.222. The zero-order valence-corrected chi connectivity index (χ0v) is 15.0. The number of nitrogens with zero attached hydrogens (tertiary/aromatic N) is 1. The largest absolute Gasteiger partial charge is 0.346 e. The van der Waals surface area contributed by atoms with Gasteiger partial charge in [0, 0.05) is 17.6 Å². The highest BCUT2D eigenvalue weighted by Gasteiger charge is 2.21. The van der Waals surface area contributed by atoms with Crippen molar-refractivity contribution in [2.24, 2.45) is 0 Å². The quantitative estimate of drug-likeness (QED) is 0.783. The molecule has 0 fully saturated rings. The Morgan fingerprint density at radius 3 is 2.46 bits per heavy atom. The topological polar surface area (TPSA) is 61.4 Å². The first-order valence-electron chi connectivity index (χ1n) is 7.74. The van der Waals surface area contributed by atoms with Crippen LogP contribution in [0.25, 0.3) is 0 Å². The molecule has 0 saturated carbocycles. The molecule has 26 heavy (non-hydrogen) atoms. The van der Waals surface area contributed by atoms with Crippen molar-refractivity contribution in [1.82, 2.24) is 10.2 Å². The Kier molecular flexibility index (Phi) is 6.65. The van der Waals surface area contributed by atoms with Crippen molar-refractivity contribution in [3.63, 3.8) is 0 Å². The van der Waals surface area contributed by atoms with Crippen molar-refractivity contribution in [2.45, 2.75) is 6.04 Å². The van der Waals surface area contributed by atoms with E-state index in [-0.39, 0.29) is 12.6 Å². The second-order valence-corrected chi connectivity index (χ2v) is 6.20. The minimum atomic E-state index is -1.09. The fourth-order valence-electron chi connectivity index (χ4n) is 2.36. The summed E-state index contributed by atoms with van der Waals surface area (Å²) in [6, 6.07) is 9.46. The van der Waals surface area contributed by atoms with Gasteiger partial charge in [-0.25, -0.2) is 8.78 Å². The van der Waals surface area contributed by atoms with E-state index in [0.29, 0.717) is 5.02 Å². The lowest BCUT2D eigenvalue weighted by Gasteiger charge is -2.25. The van der Waals surface area contributed by atoms with Gasteiger partial charge in [-0.1, -0.05) is 29.8 Å². The molecule has 0 aliphatic heterocycles. The smallest absolute Gasteiger partial charge is 0.313 e. The van der Waals surface area contributed by atoms with Gasteiger partial charge in [0.1, 0.15) is 11.6 Å². The van der Waals surface area contributed by atoms with Gasteiger partial charge in [-0.3, -0.25) is 9.59 Å². The van der Waals surface area contributed by atoms with Crippen LogP contribution in [-0.2, 0) is 9.59 Å². The van der Waals surface area contributed by atoms with Gasteiger partial charge in [-0.15, -0.1) is 0 Å². The Hall–Kier alpha value is -2.51. The molecule has 8 heteroatoms. The summed E-state index contributed by atoms with van der Waals surface area (Å²) in [6.45, 7) is 0.106. The number of nitrogens with one attached hydrogen (secondary N) is 2. The van der Waals surface area contributed by atoms with Crippen LogP contribution in [0.4, 0.5) is 14.5 Å². The highest BCUT2D eigenvalue weighted by atomic mass is 35.5. The third-order valence-electron chi connectivity index (χ3n) is 3.73. The lowest BCUT2D eigenvalue weighted by Crippen LogP contribution is -2.40. The van der Waals surface area contributed by atoms with Crippen LogP contribution >= 0.6 is 11.6 Å². The molecule has 138 valence electrons. The highest BCUT2D eigenvalue weighted by Crippen LogP contribution is 2.25. The Morgan fingerprint density at radius 1 is 1.12 bits per heavy atom. The monoisotopic (exact) mass is 381 g/mol. The Labute approximate surface area is 154 Å². The van der Waals surface area contributed by atoms with Crippen molar-refractivity contribution in [3.8, 4) is 0 Å². The molecular formula is C18H18ClF2N3O2. The number of benzene rings is 2. The van der Waals surface area contributed by atoms with Crippen LogP contribution in [0.2, 0.25) is 5.02 Å². The first-order chi connectivity index (χ1) is 12.3. The van der Waals surface area contributed by atoms with Gasteiger partial charge in [0.05, 0.1) is 11.7 Å². The van der Waals surface area contributed by atoms with E-state index >= 15 is 0 Å². The van der Waals surface area contributed by atoms with Crippen molar-refractivity contribution in [2.75, 3.05) is 26.0 Å². The van der Waals surface area contributed by atoms with E-state index in [1.54, 1.807) is 12.1 Å². The second-order valence-electron chi connectivity index (χ2n) is 5.79. The standard InChI is InChI=1S/C18H18ClF2N3O2/c1-24(2)16(12-5-3-4-6-13(12)19)10-22-17(25)18(26)23-15-9-11(20)7-8-14(15)21/h3-9,16H,10H2,1-2H3,(H,22,25)(H,23,26). The van der Waals surface area contributed by atoms with Gasteiger partial charge in [-0.2, -0.15) is 0 Å². The van der Waals surface area contributed by atoms with E-state index in [0.717, 1.165) is 23.8 Å². The van der Waals surface area contributed by atoms with Gasteiger partial charge in [-0.05, 0) is 37.9 Å². The van der Waals surface area contributed by atoms with Crippen molar-refractivity contribution in [1.29, 1.82) is 0 Å². The molecule has 5 nitrogen and oxygen atoms in total. The Bertz CT molecular complexity index is 815. The number of halogens is 3. The van der Waals surface area contributed by atoms with E-state index in [1.165, 1.54) is 0 Å². The molecule has 2 N–H and O–H groups in total. The van der Waals surface area contributed by atoms with Gasteiger partial charge < -0.3 is 15.5 Å². The molecule has 0 aliphatic carbocycles. The van der Waals surface area contributed by atoms with E-state index in [9.17, 15) is 18.4 Å². The summed E-state index contributed by atoms with van der Waals surface area (Å²) < 4.78 is 26.7. The van der Waals surface area contributed by atoms with Gasteiger partial charge in [0.25, 0.3) is 0 Å². The maximum atomic E-state index is 13.5. The molecule has 0 aromatic heterocycles. The van der Waals surface area contributed by atoms with Crippen LogP contribution < -0.4 is 10.6 Å². The van der Waals surface area contributed by atoms with E-state index in [4.69, 9.17) is 11.6 Å². The number of carbonyl (C=O) groups excluding carboxylic acids is 2. The van der Waals surface area contributed by atoms with Crippen LogP contribution in [0.3, 0.4) is 0 Å². The third-order valence-corrected chi connectivity index (χ3v) is 4.07. The normalized spacial score (nSPS) is 11.9. The second kappa shape index (κ2) is 8.73. The number of rotatable bonds is 5. The Morgan fingerprint density at radius 2 is 1.81 bits per heavy atom. The molecule has 0 aliphatic rings. The molecule has 1 unspecified atom stereocenters. The molecule has 0 heterocycles. The van der Waals surface area contributed by atoms with E-state index in [2.05, 4.69) is 5.32 Å². The van der Waals surface area contributed by atoms with Gasteiger partial charge in [0.15, 0.2) is 0 Å². The number of hydrogen-bond donors (Lipinski definition) is 2. The summed E-state index contributed by atoms with van der Waals surface area (Å²) in [5.41, 5.74) is 0.386. The number of anilines is 1. The average Bonchev–Trinajstić information content (AvgIpc) is 2.59. The SMILES string of the molecule is CN(C)C(CNC(=O)C(=O)Nc1cc(F)ccc1F)c1ccccc1Cl. The van der Waals surface area contributed by atoms with E-state index < -0.39 is 29.1 Å². The lowest BCUT2D eigenvalue weighted by molar-refractivity contribution is -0.136. The van der Waals surface area contributed by atoms with Gasteiger partial charge in [0.2, 0.25) is 0 Å². The molecule has 1 atom stereocenters. The number of amides is 2. The summed E-state index contributed by atoms with van der Waals surface area (Å²) in [7, 11) is 3.62. The van der Waals surface area contributed by atoms with Crippen molar-refractivity contribution in [3.05, 3.63) is 64.7 Å². The fourth-order valence-corrected chi connectivity index (χ4v) is 2.62. The molecule has 2 aromatic carbocycles. The number of carbonyl (C=O) groups is 2. The molecule has 2 rings (SSSR count). The average molecular weight is 382 g/mol. The Balaban J connectivity index is 2.03. The first kappa shape index (κ1) is 19.8. The maximum Gasteiger partial charge on any atom is 0.313 e. The third kappa shape index (κ3) is 5.00. The minimum absolute atomic E-state index is 0.106. The number of likely N-dealkylation sites (N-methyl/N-ethyl adjacent to an activating group) is 1. The van der Waals surface area contributed by atoms with E-state index in [1.807, 2.05) is 36.4 Å². The predicted molar refractivity (Wildman–Crippen MR) is 95.9 cm³/mol. The summed E-state index contributed by atoms with van der Waals surface area (Å²) >= 11 is 6.18.